The van der Waals surface area contributed by atoms with Gasteiger partial charge in [0.1, 0.15) is 6.33 Å². The average Bonchev–Trinajstić information content (AvgIpc) is 2.74. The maximum atomic E-state index is 3.80. The van der Waals surface area contributed by atoms with E-state index in [0.717, 1.165) is 5.56 Å². The Kier molecular flexibility index (Phi) is 2.88. The molecule has 4 heteroatoms. The highest BCUT2D eigenvalue weighted by Gasteiger charge is 1.95. The summed E-state index contributed by atoms with van der Waals surface area (Å²) in [5.74, 6) is 0. The standard InChI is InChI=1S/C11H11N4/c1-2-3-10-4-6-11(7-5-10)8-15-9-12-13-14-15/h2-7,9H,1,8H2. The number of benzene rings is 1. The molecule has 1 aromatic carbocycles. The van der Waals surface area contributed by atoms with Crippen LogP contribution in [-0.2, 0) is 6.54 Å². The lowest BCUT2D eigenvalue weighted by Gasteiger charge is -2.00. The van der Waals surface area contributed by atoms with E-state index in [1.54, 1.807) is 17.1 Å². The van der Waals surface area contributed by atoms with Gasteiger partial charge in [0, 0.05) is 0 Å². The third kappa shape index (κ3) is 2.49. The molecular weight excluding hydrogens is 188 g/mol. The maximum Gasteiger partial charge on any atom is 0.138 e. The summed E-state index contributed by atoms with van der Waals surface area (Å²) >= 11 is 0. The van der Waals surface area contributed by atoms with E-state index in [1.807, 2.05) is 18.2 Å². The van der Waals surface area contributed by atoms with E-state index in [2.05, 4.69) is 34.6 Å². The minimum atomic E-state index is 0.696. The van der Waals surface area contributed by atoms with Crippen LogP contribution in [0.25, 0.3) is 6.08 Å². The van der Waals surface area contributed by atoms with Crippen molar-refractivity contribution in [2.75, 3.05) is 0 Å². The van der Waals surface area contributed by atoms with Crippen molar-refractivity contribution < 1.29 is 0 Å². The zero-order chi connectivity index (χ0) is 10.5. The van der Waals surface area contributed by atoms with Gasteiger partial charge in [0.2, 0.25) is 0 Å². The van der Waals surface area contributed by atoms with Gasteiger partial charge >= 0.3 is 0 Å². The largest absolute Gasteiger partial charge is 0.228 e. The Bertz CT molecular complexity index is 428. The van der Waals surface area contributed by atoms with Gasteiger partial charge in [0.25, 0.3) is 0 Å². The van der Waals surface area contributed by atoms with Crippen LogP contribution in [0.3, 0.4) is 0 Å². The molecule has 0 aliphatic heterocycles. The molecule has 0 fully saturated rings. The number of tetrazole rings is 1. The fraction of sp³-hybridized carbons (Fsp3) is 0.0909. The predicted molar refractivity (Wildman–Crippen MR) is 57.8 cm³/mol. The summed E-state index contributed by atoms with van der Waals surface area (Å²) in [5, 5.41) is 11.0. The second-order valence-corrected chi connectivity index (χ2v) is 3.15. The summed E-state index contributed by atoms with van der Waals surface area (Å²) in [6, 6.07) is 8.19. The van der Waals surface area contributed by atoms with Crippen LogP contribution in [0.15, 0.2) is 36.7 Å². The molecule has 0 unspecified atom stereocenters. The van der Waals surface area contributed by atoms with Crippen LogP contribution < -0.4 is 0 Å². The molecule has 0 amide bonds. The van der Waals surface area contributed by atoms with E-state index in [-0.39, 0.29) is 0 Å². The highest BCUT2D eigenvalue weighted by atomic mass is 15.5. The quantitative estimate of drug-likeness (QED) is 0.753. The molecule has 2 aromatic rings. The van der Waals surface area contributed by atoms with E-state index >= 15 is 0 Å². The maximum absolute atomic E-state index is 3.80. The average molecular weight is 199 g/mol. The molecule has 4 nitrogen and oxygen atoms in total. The predicted octanol–water partition coefficient (Wildman–Crippen LogP) is 1.57. The van der Waals surface area contributed by atoms with Crippen LogP contribution >= 0.6 is 0 Å². The number of nitrogens with zero attached hydrogens (tertiary/aromatic N) is 4. The van der Waals surface area contributed by atoms with E-state index in [0.29, 0.717) is 6.54 Å². The Morgan fingerprint density at radius 3 is 2.67 bits per heavy atom. The second-order valence-electron chi connectivity index (χ2n) is 3.15. The molecule has 1 radical (unpaired) electrons. The highest BCUT2D eigenvalue weighted by Crippen LogP contribution is 2.06. The summed E-state index contributed by atoms with van der Waals surface area (Å²) < 4.78 is 1.69. The van der Waals surface area contributed by atoms with Gasteiger partial charge in [-0.05, 0) is 28.5 Å². The van der Waals surface area contributed by atoms with Crippen molar-refractivity contribution in [3.05, 3.63) is 54.7 Å². The molecule has 0 bridgehead atoms. The third-order valence-electron chi connectivity index (χ3n) is 2.03. The molecule has 1 heterocycles. The Labute approximate surface area is 88.2 Å². The zero-order valence-corrected chi connectivity index (χ0v) is 8.24. The number of rotatable bonds is 3. The van der Waals surface area contributed by atoms with Crippen molar-refractivity contribution in [3.8, 4) is 0 Å². The lowest BCUT2D eigenvalue weighted by atomic mass is 10.1. The van der Waals surface area contributed by atoms with Crippen molar-refractivity contribution in [1.82, 2.24) is 20.2 Å². The second kappa shape index (κ2) is 4.50. The Morgan fingerprint density at radius 2 is 2.07 bits per heavy atom. The molecule has 75 valence electrons. The first-order valence-electron chi connectivity index (χ1n) is 4.64. The molecule has 2 rings (SSSR count). The number of aromatic nitrogens is 4. The summed E-state index contributed by atoms with van der Waals surface area (Å²) in [7, 11) is 0. The highest BCUT2D eigenvalue weighted by molar-refractivity contribution is 5.49. The normalized spacial score (nSPS) is 11.0. The van der Waals surface area contributed by atoms with Gasteiger partial charge < -0.3 is 0 Å². The first-order chi connectivity index (χ1) is 7.38. The molecule has 0 spiro atoms. The van der Waals surface area contributed by atoms with Gasteiger partial charge in [0.05, 0.1) is 6.54 Å². The van der Waals surface area contributed by atoms with Crippen LogP contribution in [0.5, 0.6) is 0 Å². The fourth-order valence-electron chi connectivity index (χ4n) is 1.31. The van der Waals surface area contributed by atoms with Crippen LogP contribution in [0.1, 0.15) is 11.1 Å². The van der Waals surface area contributed by atoms with Gasteiger partial charge in [-0.1, -0.05) is 36.4 Å². The molecule has 1 aromatic heterocycles. The topological polar surface area (TPSA) is 43.6 Å². The fourth-order valence-corrected chi connectivity index (χ4v) is 1.31. The molecule has 0 saturated carbocycles. The molecule has 0 N–H and O–H groups in total. The zero-order valence-electron chi connectivity index (χ0n) is 8.24. The van der Waals surface area contributed by atoms with Crippen molar-refractivity contribution in [1.29, 1.82) is 0 Å². The molecular formula is C11H11N4. The molecule has 0 aliphatic carbocycles. The minimum Gasteiger partial charge on any atom is -0.228 e. The third-order valence-corrected chi connectivity index (χ3v) is 2.03. The van der Waals surface area contributed by atoms with E-state index in [4.69, 9.17) is 0 Å². The van der Waals surface area contributed by atoms with E-state index in [1.165, 1.54) is 5.56 Å². The number of hydrogen-bond acceptors (Lipinski definition) is 3. The van der Waals surface area contributed by atoms with Crippen molar-refractivity contribution in [2.45, 2.75) is 6.54 Å². The van der Waals surface area contributed by atoms with Gasteiger partial charge in [0.15, 0.2) is 0 Å². The summed E-state index contributed by atoms with van der Waals surface area (Å²) in [5.41, 5.74) is 2.31. The molecule has 0 atom stereocenters. The first-order valence-corrected chi connectivity index (χ1v) is 4.64. The minimum absolute atomic E-state index is 0.696. The Balaban J connectivity index is 2.10. The van der Waals surface area contributed by atoms with Crippen molar-refractivity contribution in [3.63, 3.8) is 0 Å². The lowest BCUT2D eigenvalue weighted by Crippen LogP contribution is -2.00. The van der Waals surface area contributed by atoms with E-state index in [9.17, 15) is 0 Å². The van der Waals surface area contributed by atoms with Crippen LogP contribution in [-0.4, -0.2) is 20.2 Å². The van der Waals surface area contributed by atoms with Crippen LogP contribution in [0.2, 0.25) is 0 Å². The number of allylic oxidation sites excluding steroid dienone is 1. The van der Waals surface area contributed by atoms with Gasteiger partial charge in [-0.2, -0.15) is 0 Å². The molecule has 0 saturated heterocycles. The summed E-state index contributed by atoms with van der Waals surface area (Å²) in [4.78, 5) is 0. The SMILES string of the molecule is [CH2]C=Cc1ccc(Cn2cnnn2)cc1. The summed E-state index contributed by atoms with van der Waals surface area (Å²) in [6.45, 7) is 4.35. The van der Waals surface area contributed by atoms with Gasteiger partial charge in [-0.15, -0.1) is 5.10 Å². The van der Waals surface area contributed by atoms with Gasteiger partial charge in [-0.25, -0.2) is 4.68 Å². The monoisotopic (exact) mass is 199 g/mol. The molecule has 0 aliphatic rings. The van der Waals surface area contributed by atoms with Crippen molar-refractivity contribution >= 4 is 6.08 Å². The van der Waals surface area contributed by atoms with Gasteiger partial charge in [-0.3, -0.25) is 0 Å². The molecule has 15 heavy (non-hydrogen) atoms. The smallest absolute Gasteiger partial charge is 0.138 e. The first kappa shape index (κ1) is 9.58. The van der Waals surface area contributed by atoms with E-state index < -0.39 is 0 Å². The van der Waals surface area contributed by atoms with Crippen LogP contribution in [0.4, 0.5) is 0 Å². The van der Waals surface area contributed by atoms with Crippen LogP contribution in [0, 0.1) is 6.92 Å². The Morgan fingerprint density at radius 1 is 1.27 bits per heavy atom. The lowest BCUT2D eigenvalue weighted by molar-refractivity contribution is 0.648. The number of hydrogen-bond donors (Lipinski definition) is 0. The Hall–Kier alpha value is -1.97. The van der Waals surface area contributed by atoms with Crippen molar-refractivity contribution in [2.24, 2.45) is 0 Å². The summed E-state index contributed by atoms with van der Waals surface area (Å²) in [6.07, 6.45) is 5.33.